The number of hydrogen-bond donors (Lipinski definition) is 1. The quantitative estimate of drug-likeness (QED) is 0.922. The molecule has 1 amide bonds. The van der Waals surface area contributed by atoms with Crippen LogP contribution in [0.4, 0.5) is 5.82 Å². The highest BCUT2D eigenvalue weighted by Gasteiger charge is 2.23. The second kappa shape index (κ2) is 6.82. The van der Waals surface area contributed by atoms with Crippen molar-refractivity contribution in [2.75, 3.05) is 18.0 Å². The van der Waals surface area contributed by atoms with Crippen molar-refractivity contribution in [3.05, 3.63) is 35.8 Å². The minimum atomic E-state index is -0.0622. The van der Waals surface area contributed by atoms with E-state index in [1.165, 1.54) is 0 Å². The molecule has 0 saturated carbocycles. The van der Waals surface area contributed by atoms with Gasteiger partial charge in [-0.1, -0.05) is 20.8 Å². The molecule has 1 N–H and O–H groups in total. The number of nitrogens with zero attached hydrogens (tertiary/aromatic N) is 5. The van der Waals surface area contributed by atoms with Gasteiger partial charge in [0.05, 0.1) is 5.69 Å². The zero-order chi connectivity index (χ0) is 18.0. The standard InChI is InChI=1S/C18H26N6O/c1-18(2,3)15-5-6-16(22-21-15)24-11-8-13(9-12-24)20-17(25)14-7-10-19-23(14)4/h5-7,10,13H,8-9,11-12H2,1-4H3,(H,20,25). The Morgan fingerprint density at radius 3 is 2.40 bits per heavy atom. The number of anilines is 1. The van der Waals surface area contributed by atoms with Gasteiger partial charge in [0.2, 0.25) is 0 Å². The van der Waals surface area contributed by atoms with Crippen molar-refractivity contribution in [3.63, 3.8) is 0 Å². The third kappa shape index (κ3) is 3.97. The first kappa shape index (κ1) is 17.4. The van der Waals surface area contributed by atoms with Gasteiger partial charge in [-0.3, -0.25) is 9.48 Å². The number of aryl methyl sites for hydroxylation is 1. The Morgan fingerprint density at radius 2 is 1.88 bits per heavy atom. The molecule has 0 spiro atoms. The molecule has 7 heteroatoms. The molecule has 2 aromatic heterocycles. The van der Waals surface area contributed by atoms with Gasteiger partial charge in [0.25, 0.3) is 5.91 Å². The predicted octanol–water partition coefficient (Wildman–Crippen LogP) is 1.91. The average molecular weight is 342 g/mol. The monoisotopic (exact) mass is 342 g/mol. The Kier molecular flexibility index (Phi) is 4.74. The molecule has 0 radical (unpaired) electrons. The van der Waals surface area contributed by atoms with Crippen LogP contribution in [0.25, 0.3) is 0 Å². The fraction of sp³-hybridized carbons (Fsp3) is 0.556. The summed E-state index contributed by atoms with van der Waals surface area (Å²) in [7, 11) is 1.78. The second-order valence-electron chi connectivity index (χ2n) is 7.60. The number of piperidine rings is 1. The molecule has 3 heterocycles. The zero-order valence-electron chi connectivity index (χ0n) is 15.4. The van der Waals surface area contributed by atoms with E-state index in [4.69, 9.17) is 0 Å². The maximum absolute atomic E-state index is 12.3. The van der Waals surface area contributed by atoms with Gasteiger partial charge in [-0.25, -0.2) is 0 Å². The summed E-state index contributed by atoms with van der Waals surface area (Å²) in [5.41, 5.74) is 1.59. The Morgan fingerprint density at radius 1 is 1.16 bits per heavy atom. The molecule has 0 atom stereocenters. The van der Waals surface area contributed by atoms with Gasteiger partial charge in [-0.2, -0.15) is 10.2 Å². The molecule has 134 valence electrons. The van der Waals surface area contributed by atoms with Crippen LogP contribution in [-0.2, 0) is 12.5 Å². The van der Waals surface area contributed by atoms with E-state index in [0.29, 0.717) is 5.69 Å². The normalized spacial score (nSPS) is 16.1. The highest BCUT2D eigenvalue weighted by molar-refractivity contribution is 5.92. The summed E-state index contributed by atoms with van der Waals surface area (Å²) >= 11 is 0. The van der Waals surface area contributed by atoms with E-state index in [-0.39, 0.29) is 17.4 Å². The SMILES string of the molecule is Cn1nccc1C(=O)NC1CCN(c2ccc(C(C)(C)C)nn2)CC1. The number of hydrogen-bond acceptors (Lipinski definition) is 5. The fourth-order valence-corrected chi connectivity index (χ4v) is 3.00. The lowest BCUT2D eigenvalue weighted by Crippen LogP contribution is -2.45. The topological polar surface area (TPSA) is 75.9 Å². The minimum absolute atomic E-state index is 0.00854. The lowest BCUT2D eigenvalue weighted by atomic mass is 9.92. The van der Waals surface area contributed by atoms with E-state index < -0.39 is 0 Å². The number of carbonyl (C=O) groups is 1. The van der Waals surface area contributed by atoms with Crippen molar-refractivity contribution in [2.45, 2.75) is 45.1 Å². The lowest BCUT2D eigenvalue weighted by molar-refractivity contribution is 0.0921. The molecule has 1 fully saturated rings. The van der Waals surface area contributed by atoms with Crippen molar-refractivity contribution in [1.29, 1.82) is 0 Å². The van der Waals surface area contributed by atoms with Gasteiger partial charge in [0, 0.05) is 37.8 Å². The van der Waals surface area contributed by atoms with Crippen LogP contribution in [0.5, 0.6) is 0 Å². The summed E-state index contributed by atoms with van der Waals surface area (Å²) in [6, 6.07) is 6.01. The molecular formula is C18H26N6O. The maximum atomic E-state index is 12.3. The molecule has 1 aliphatic rings. The van der Waals surface area contributed by atoms with Crippen molar-refractivity contribution in [2.24, 2.45) is 7.05 Å². The molecule has 0 bridgehead atoms. The number of rotatable bonds is 3. The molecule has 0 aliphatic carbocycles. The predicted molar refractivity (Wildman–Crippen MR) is 96.6 cm³/mol. The molecule has 0 aromatic carbocycles. The minimum Gasteiger partial charge on any atom is -0.355 e. The van der Waals surface area contributed by atoms with E-state index in [2.05, 4.69) is 52.4 Å². The Balaban J connectivity index is 1.55. The van der Waals surface area contributed by atoms with Gasteiger partial charge < -0.3 is 10.2 Å². The largest absolute Gasteiger partial charge is 0.355 e. The van der Waals surface area contributed by atoms with Crippen molar-refractivity contribution >= 4 is 11.7 Å². The van der Waals surface area contributed by atoms with Gasteiger partial charge in [-0.05, 0) is 31.0 Å². The van der Waals surface area contributed by atoms with Crippen LogP contribution in [0.15, 0.2) is 24.4 Å². The summed E-state index contributed by atoms with van der Waals surface area (Å²) in [6.45, 7) is 8.12. The van der Waals surface area contributed by atoms with Gasteiger partial charge in [-0.15, -0.1) is 5.10 Å². The van der Waals surface area contributed by atoms with E-state index in [9.17, 15) is 4.79 Å². The molecule has 1 aliphatic heterocycles. The molecule has 3 rings (SSSR count). The smallest absolute Gasteiger partial charge is 0.269 e. The van der Waals surface area contributed by atoms with Crippen LogP contribution in [-0.4, -0.2) is 45.0 Å². The van der Waals surface area contributed by atoms with Crippen molar-refractivity contribution in [3.8, 4) is 0 Å². The fourth-order valence-electron chi connectivity index (χ4n) is 3.00. The molecule has 7 nitrogen and oxygen atoms in total. The first-order chi connectivity index (χ1) is 11.8. The van der Waals surface area contributed by atoms with E-state index in [1.807, 2.05) is 6.07 Å². The Hall–Kier alpha value is -2.44. The molecule has 2 aromatic rings. The summed E-state index contributed by atoms with van der Waals surface area (Å²) in [5, 5.41) is 15.9. The zero-order valence-corrected chi connectivity index (χ0v) is 15.4. The first-order valence-corrected chi connectivity index (χ1v) is 8.72. The molecular weight excluding hydrogens is 316 g/mol. The highest BCUT2D eigenvalue weighted by atomic mass is 16.2. The molecule has 25 heavy (non-hydrogen) atoms. The lowest BCUT2D eigenvalue weighted by Gasteiger charge is -2.33. The number of carbonyl (C=O) groups excluding carboxylic acids is 1. The van der Waals surface area contributed by atoms with Gasteiger partial charge >= 0.3 is 0 Å². The summed E-state index contributed by atoms with van der Waals surface area (Å²) in [5.74, 6) is 0.845. The van der Waals surface area contributed by atoms with Crippen LogP contribution >= 0.6 is 0 Å². The van der Waals surface area contributed by atoms with E-state index >= 15 is 0 Å². The second-order valence-corrected chi connectivity index (χ2v) is 7.60. The highest BCUT2D eigenvalue weighted by Crippen LogP contribution is 2.22. The summed E-state index contributed by atoms with van der Waals surface area (Å²) in [6.07, 6.45) is 3.43. The first-order valence-electron chi connectivity index (χ1n) is 8.72. The number of nitrogens with one attached hydrogen (secondary N) is 1. The number of amides is 1. The van der Waals surface area contributed by atoms with Crippen LogP contribution < -0.4 is 10.2 Å². The van der Waals surface area contributed by atoms with Crippen LogP contribution in [0, 0.1) is 0 Å². The van der Waals surface area contributed by atoms with Gasteiger partial charge in [0.15, 0.2) is 5.82 Å². The van der Waals surface area contributed by atoms with Crippen LogP contribution in [0.2, 0.25) is 0 Å². The van der Waals surface area contributed by atoms with Gasteiger partial charge in [0.1, 0.15) is 5.69 Å². The van der Waals surface area contributed by atoms with E-state index in [0.717, 1.165) is 37.4 Å². The van der Waals surface area contributed by atoms with Crippen LogP contribution in [0.3, 0.4) is 0 Å². The van der Waals surface area contributed by atoms with Crippen molar-refractivity contribution in [1.82, 2.24) is 25.3 Å². The van der Waals surface area contributed by atoms with Crippen LogP contribution in [0.1, 0.15) is 49.8 Å². The average Bonchev–Trinajstić information content (AvgIpc) is 3.01. The van der Waals surface area contributed by atoms with Crippen molar-refractivity contribution < 1.29 is 4.79 Å². The molecule has 0 unspecified atom stereocenters. The molecule has 1 saturated heterocycles. The third-order valence-corrected chi connectivity index (χ3v) is 4.63. The number of aromatic nitrogens is 4. The summed E-state index contributed by atoms with van der Waals surface area (Å²) in [4.78, 5) is 14.5. The Labute approximate surface area is 148 Å². The Bertz CT molecular complexity index is 723. The third-order valence-electron chi connectivity index (χ3n) is 4.63. The van der Waals surface area contributed by atoms with E-state index in [1.54, 1.807) is 24.0 Å². The summed E-state index contributed by atoms with van der Waals surface area (Å²) < 4.78 is 1.59. The maximum Gasteiger partial charge on any atom is 0.269 e.